The number of halogens is 2. The predicted molar refractivity (Wildman–Crippen MR) is 91.2 cm³/mol. The SMILES string of the molecule is CC(=O)NC(CNCc1ccccc1)c1cccc(Cl)c1Cl. The Bertz CT molecular complexity index is 632. The molecule has 0 aliphatic rings. The van der Waals surface area contributed by atoms with Gasteiger partial charge in [0, 0.05) is 20.0 Å². The van der Waals surface area contributed by atoms with E-state index < -0.39 is 0 Å². The molecular weight excluding hydrogens is 319 g/mol. The molecule has 0 aliphatic carbocycles. The molecule has 0 saturated heterocycles. The van der Waals surface area contributed by atoms with Gasteiger partial charge in [0.1, 0.15) is 0 Å². The Hall–Kier alpha value is -1.55. The number of rotatable bonds is 6. The molecule has 1 amide bonds. The molecule has 0 saturated carbocycles. The Morgan fingerprint density at radius 1 is 1.09 bits per heavy atom. The fraction of sp³-hybridized carbons (Fsp3) is 0.235. The minimum atomic E-state index is -0.229. The molecule has 0 heterocycles. The van der Waals surface area contributed by atoms with Crippen molar-refractivity contribution >= 4 is 29.1 Å². The van der Waals surface area contributed by atoms with Crippen molar-refractivity contribution in [3.63, 3.8) is 0 Å². The highest BCUT2D eigenvalue weighted by Gasteiger charge is 2.17. The zero-order valence-corrected chi connectivity index (χ0v) is 13.8. The zero-order valence-electron chi connectivity index (χ0n) is 12.3. The molecular formula is C17H18Cl2N2O. The van der Waals surface area contributed by atoms with E-state index in [4.69, 9.17) is 23.2 Å². The van der Waals surface area contributed by atoms with Gasteiger partial charge in [0.15, 0.2) is 0 Å². The molecule has 1 unspecified atom stereocenters. The van der Waals surface area contributed by atoms with Crippen LogP contribution in [0.15, 0.2) is 48.5 Å². The first kappa shape index (κ1) is 16.8. The van der Waals surface area contributed by atoms with E-state index in [9.17, 15) is 4.79 Å². The van der Waals surface area contributed by atoms with Gasteiger partial charge in [0.05, 0.1) is 16.1 Å². The average Bonchev–Trinajstić information content (AvgIpc) is 2.50. The number of nitrogens with one attached hydrogen (secondary N) is 2. The lowest BCUT2D eigenvalue weighted by Gasteiger charge is -2.20. The number of carbonyl (C=O) groups excluding carboxylic acids is 1. The molecule has 22 heavy (non-hydrogen) atoms. The Balaban J connectivity index is 2.06. The lowest BCUT2D eigenvalue weighted by atomic mass is 10.1. The molecule has 3 nitrogen and oxygen atoms in total. The summed E-state index contributed by atoms with van der Waals surface area (Å²) in [5.41, 5.74) is 1.99. The molecule has 2 aromatic carbocycles. The molecule has 2 N–H and O–H groups in total. The van der Waals surface area contributed by atoms with Crippen LogP contribution in [-0.2, 0) is 11.3 Å². The molecule has 0 fully saturated rings. The zero-order chi connectivity index (χ0) is 15.9. The lowest BCUT2D eigenvalue weighted by Crippen LogP contribution is -2.34. The second kappa shape index (κ2) is 8.18. The second-order valence-electron chi connectivity index (χ2n) is 5.01. The maximum absolute atomic E-state index is 11.4. The summed E-state index contributed by atoms with van der Waals surface area (Å²) in [6.07, 6.45) is 0. The van der Waals surface area contributed by atoms with Gasteiger partial charge in [0.25, 0.3) is 0 Å². The molecule has 1 atom stereocenters. The van der Waals surface area contributed by atoms with Gasteiger partial charge < -0.3 is 10.6 Å². The van der Waals surface area contributed by atoms with Crippen molar-refractivity contribution < 1.29 is 4.79 Å². The van der Waals surface area contributed by atoms with Crippen LogP contribution in [0.25, 0.3) is 0 Å². The first-order chi connectivity index (χ1) is 10.6. The van der Waals surface area contributed by atoms with E-state index >= 15 is 0 Å². The number of carbonyl (C=O) groups is 1. The van der Waals surface area contributed by atoms with E-state index in [2.05, 4.69) is 10.6 Å². The van der Waals surface area contributed by atoms with Crippen molar-refractivity contribution in [3.05, 3.63) is 69.7 Å². The Kier molecular flexibility index (Phi) is 6.25. The second-order valence-corrected chi connectivity index (χ2v) is 5.80. The van der Waals surface area contributed by atoms with Gasteiger partial charge in [-0.1, -0.05) is 65.7 Å². The van der Waals surface area contributed by atoms with Crippen LogP contribution >= 0.6 is 23.2 Å². The largest absolute Gasteiger partial charge is 0.348 e. The highest BCUT2D eigenvalue weighted by molar-refractivity contribution is 6.42. The maximum atomic E-state index is 11.4. The van der Waals surface area contributed by atoms with E-state index in [1.54, 1.807) is 6.07 Å². The average molecular weight is 337 g/mol. The first-order valence-electron chi connectivity index (χ1n) is 7.03. The summed E-state index contributed by atoms with van der Waals surface area (Å²) in [5, 5.41) is 7.20. The molecule has 5 heteroatoms. The highest BCUT2D eigenvalue weighted by atomic mass is 35.5. The third kappa shape index (κ3) is 4.73. The van der Waals surface area contributed by atoms with Gasteiger partial charge in [-0.15, -0.1) is 0 Å². The molecule has 2 aromatic rings. The summed E-state index contributed by atoms with van der Waals surface area (Å²) in [5.74, 6) is -0.109. The molecule has 0 spiro atoms. The van der Waals surface area contributed by atoms with Crippen LogP contribution in [-0.4, -0.2) is 12.5 Å². The minimum absolute atomic E-state index is 0.109. The summed E-state index contributed by atoms with van der Waals surface area (Å²) in [6.45, 7) is 2.77. The highest BCUT2D eigenvalue weighted by Crippen LogP contribution is 2.29. The van der Waals surface area contributed by atoms with E-state index in [1.165, 1.54) is 12.5 Å². The predicted octanol–water partition coefficient (Wildman–Crippen LogP) is 3.96. The molecule has 2 rings (SSSR count). The molecule has 0 radical (unpaired) electrons. The minimum Gasteiger partial charge on any atom is -0.348 e. The van der Waals surface area contributed by atoms with Crippen LogP contribution in [0.5, 0.6) is 0 Å². The molecule has 116 valence electrons. The van der Waals surface area contributed by atoms with Gasteiger partial charge in [-0.3, -0.25) is 4.79 Å². The Labute approximate surface area is 140 Å². The number of hydrogen-bond donors (Lipinski definition) is 2. The van der Waals surface area contributed by atoms with E-state index in [-0.39, 0.29) is 11.9 Å². The van der Waals surface area contributed by atoms with Crippen LogP contribution in [0.3, 0.4) is 0 Å². The van der Waals surface area contributed by atoms with Crippen LogP contribution in [0.1, 0.15) is 24.1 Å². The van der Waals surface area contributed by atoms with Crippen LogP contribution in [0.4, 0.5) is 0 Å². The summed E-state index contributed by atoms with van der Waals surface area (Å²) >= 11 is 12.3. The molecule has 0 aromatic heterocycles. The summed E-state index contributed by atoms with van der Waals surface area (Å²) in [7, 11) is 0. The van der Waals surface area contributed by atoms with Crippen molar-refractivity contribution in [2.24, 2.45) is 0 Å². The van der Waals surface area contributed by atoms with E-state index in [0.29, 0.717) is 16.6 Å². The van der Waals surface area contributed by atoms with Gasteiger partial charge in [-0.2, -0.15) is 0 Å². The maximum Gasteiger partial charge on any atom is 0.217 e. The first-order valence-corrected chi connectivity index (χ1v) is 7.79. The number of hydrogen-bond acceptors (Lipinski definition) is 2. The molecule has 0 aliphatic heterocycles. The number of amides is 1. The summed E-state index contributed by atoms with van der Waals surface area (Å²) in [6, 6.07) is 15.3. The Morgan fingerprint density at radius 2 is 1.82 bits per heavy atom. The fourth-order valence-electron chi connectivity index (χ4n) is 2.23. The fourth-order valence-corrected chi connectivity index (χ4v) is 2.67. The van der Waals surface area contributed by atoms with E-state index in [0.717, 1.165) is 12.1 Å². The normalized spacial score (nSPS) is 12.0. The lowest BCUT2D eigenvalue weighted by molar-refractivity contribution is -0.119. The topological polar surface area (TPSA) is 41.1 Å². The third-order valence-corrected chi connectivity index (χ3v) is 4.09. The van der Waals surface area contributed by atoms with Crippen LogP contribution in [0, 0.1) is 0 Å². The smallest absolute Gasteiger partial charge is 0.217 e. The summed E-state index contributed by atoms with van der Waals surface area (Å²) < 4.78 is 0. The van der Waals surface area contributed by atoms with Crippen molar-refractivity contribution in [1.82, 2.24) is 10.6 Å². The van der Waals surface area contributed by atoms with Crippen molar-refractivity contribution in [2.45, 2.75) is 19.5 Å². The van der Waals surface area contributed by atoms with Crippen LogP contribution < -0.4 is 10.6 Å². The standard InChI is InChI=1S/C17H18Cl2N2O/c1-12(22)21-16(14-8-5-9-15(18)17(14)19)11-20-10-13-6-3-2-4-7-13/h2-9,16,20H,10-11H2,1H3,(H,21,22). The van der Waals surface area contributed by atoms with Crippen molar-refractivity contribution in [1.29, 1.82) is 0 Å². The van der Waals surface area contributed by atoms with Crippen molar-refractivity contribution in [3.8, 4) is 0 Å². The van der Waals surface area contributed by atoms with Gasteiger partial charge in [-0.25, -0.2) is 0 Å². The van der Waals surface area contributed by atoms with E-state index in [1.807, 2.05) is 42.5 Å². The van der Waals surface area contributed by atoms with Crippen LogP contribution in [0.2, 0.25) is 10.0 Å². The van der Waals surface area contributed by atoms with Gasteiger partial charge >= 0.3 is 0 Å². The quantitative estimate of drug-likeness (QED) is 0.838. The van der Waals surface area contributed by atoms with Gasteiger partial charge in [0.2, 0.25) is 5.91 Å². The third-order valence-electron chi connectivity index (χ3n) is 3.25. The van der Waals surface area contributed by atoms with Gasteiger partial charge in [-0.05, 0) is 17.2 Å². The monoisotopic (exact) mass is 336 g/mol. The Morgan fingerprint density at radius 3 is 2.50 bits per heavy atom. The number of benzene rings is 2. The van der Waals surface area contributed by atoms with Crippen molar-refractivity contribution in [2.75, 3.05) is 6.54 Å². The summed E-state index contributed by atoms with van der Waals surface area (Å²) in [4.78, 5) is 11.4. The molecule has 0 bridgehead atoms.